The van der Waals surface area contributed by atoms with Crippen LogP contribution in [-0.2, 0) is 6.42 Å². The largest absolute Gasteiger partial charge is 0.496 e. The van der Waals surface area contributed by atoms with Crippen LogP contribution >= 0.6 is 0 Å². The van der Waals surface area contributed by atoms with Crippen molar-refractivity contribution in [2.24, 2.45) is 5.41 Å². The highest BCUT2D eigenvalue weighted by atomic mass is 16.5. The Morgan fingerprint density at radius 2 is 1.90 bits per heavy atom. The summed E-state index contributed by atoms with van der Waals surface area (Å²) in [5, 5.41) is 22.3. The van der Waals surface area contributed by atoms with Crippen LogP contribution in [0.4, 0.5) is 0 Å². The van der Waals surface area contributed by atoms with Crippen molar-refractivity contribution in [1.29, 1.82) is 0 Å². The summed E-state index contributed by atoms with van der Waals surface area (Å²) in [6, 6.07) is 5.37. The molecule has 1 fully saturated rings. The molecular weight excluding hydrogens is 268 g/mol. The molecule has 1 aromatic rings. The van der Waals surface area contributed by atoms with Gasteiger partial charge in [-0.15, -0.1) is 0 Å². The summed E-state index contributed by atoms with van der Waals surface area (Å²) in [6.45, 7) is 3.85. The van der Waals surface area contributed by atoms with Crippen molar-refractivity contribution >= 4 is 5.78 Å². The SMILES string of the molecule is COc1cccc2c1C(=O)[C@]1(O)CCCC(C)(C)[C@]1(O)C2. The molecule has 114 valence electrons. The zero-order valence-corrected chi connectivity index (χ0v) is 12.8. The lowest BCUT2D eigenvalue weighted by molar-refractivity contribution is -0.209. The molecule has 2 N–H and O–H groups in total. The van der Waals surface area contributed by atoms with Crippen molar-refractivity contribution in [2.75, 3.05) is 7.11 Å². The highest BCUT2D eigenvalue weighted by Gasteiger charge is 2.66. The van der Waals surface area contributed by atoms with E-state index in [0.29, 0.717) is 17.7 Å². The monoisotopic (exact) mass is 290 g/mol. The molecular formula is C17H22O4. The van der Waals surface area contributed by atoms with Crippen LogP contribution in [0, 0.1) is 5.41 Å². The maximum absolute atomic E-state index is 13.0. The van der Waals surface area contributed by atoms with Gasteiger partial charge in [-0.1, -0.05) is 26.0 Å². The van der Waals surface area contributed by atoms with Crippen LogP contribution in [0.3, 0.4) is 0 Å². The minimum atomic E-state index is -1.73. The fourth-order valence-corrected chi connectivity index (χ4v) is 4.08. The van der Waals surface area contributed by atoms with Crippen LogP contribution in [0.1, 0.15) is 49.0 Å². The highest BCUT2D eigenvalue weighted by molar-refractivity contribution is 6.08. The van der Waals surface area contributed by atoms with Gasteiger partial charge in [0, 0.05) is 6.42 Å². The third kappa shape index (κ3) is 1.66. The van der Waals surface area contributed by atoms with E-state index in [0.717, 1.165) is 18.4 Å². The van der Waals surface area contributed by atoms with Gasteiger partial charge in [0.05, 0.1) is 12.7 Å². The first-order valence-corrected chi connectivity index (χ1v) is 7.42. The van der Waals surface area contributed by atoms with E-state index >= 15 is 0 Å². The van der Waals surface area contributed by atoms with Gasteiger partial charge >= 0.3 is 0 Å². The van der Waals surface area contributed by atoms with Gasteiger partial charge in [0.25, 0.3) is 0 Å². The number of carbonyl (C=O) groups is 1. The number of aliphatic hydroxyl groups is 2. The molecule has 4 heteroatoms. The van der Waals surface area contributed by atoms with Crippen molar-refractivity contribution < 1.29 is 19.7 Å². The van der Waals surface area contributed by atoms with E-state index < -0.39 is 22.4 Å². The average Bonchev–Trinajstić information content (AvgIpc) is 2.43. The van der Waals surface area contributed by atoms with Crippen molar-refractivity contribution in [3.63, 3.8) is 0 Å². The van der Waals surface area contributed by atoms with Crippen molar-refractivity contribution in [2.45, 2.75) is 50.7 Å². The van der Waals surface area contributed by atoms with Gasteiger partial charge in [-0.25, -0.2) is 0 Å². The van der Waals surface area contributed by atoms with Gasteiger partial charge in [0.1, 0.15) is 11.4 Å². The van der Waals surface area contributed by atoms with Gasteiger partial charge in [0.2, 0.25) is 5.78 Å². The van der Waals surface area contributed by atoms with Crippen molar-refractivity contribution in [3.05, 3.63) is 29.3 Å². The molecule has 0 saturated heterocycles. The topological polar surface area (TPSA) is 66.8 Å². The summed E-state index contributed by atoms with van der Waals surface area (Å²) in [6.07, 6.45) is 2.08. The first-order chi connectivity index (χ1) is 9.77. The molecule has 0 aromatic heterocycles. The molecule has 1 saturated carbocycles. The lowest BCUT2D eigenvalue weighted by atomic mass is 9.52. The van der Waals surface area contributed by atoms with E-state index in [2.05, 4.69) is 0 Å². The Labute approximate surface area is 124 Å². The molecule has 0 aliphatic heterocycles. The van der Waals surface area contributed by atoms with E-state index in [1.165, 1.54) is 7.11 Å². The smallest absolute Gasteiger partial charge is 0.201 e. The van der Waals surface area contributed by atoms with E-state index in [9.17, 15) is 15.0 Å². The molecule has 0 bridgehead atoms. The lowest BCUT2D eigenvalue weighted by Crippen LogP contribution is -2.71. The predicted molar refractivity (Wildman–Crippen MR) is 78.6 cm³/mol. The van der Waals surface area contributed by atoms with Gasteiger partial charge < -0.3 is 14.9 Å². The van der Waals surface area contributed by atoms with Gasteiger partial charge in [-0.3, -0.25) is 4.79 Å². The molecule has 0 amide bonds. The van der Waals surface area contributed by atoms with Crippen LogP contribution in [0.5, 0.6) is 5.75 Å². The summed E-state index contributed by atoms with van der Waals surface area (Å²) < 4.78 is 5.28. The maximum atomic E-state index is 13.0. The van der Waals surface area contributed by atoms with Gasteiger partial charge in [0.15, 0.2) is 5.60 Å². The zero-order chi connectivity index (χ0) is 15.5. The van der Waals surface area contributed by atoms with E-state index in [1.54, 1.807) is 6.07 Å². The summed E-state index contributed by atoms with van der Waals surface area (Å²) in [7, 11) is 1.51. The number of benzene rings is 1. The molecule has 3 rings (SSSR count). The van der Waals surface area contributed by atoms with Crippen LogP contribution in [0.25, 0.3) is 0 Å². The summed E-state index contributed by atoms with van der Waals surface area (Å²) >= 11 is 0. The Balaban J connectivity index is 2.25. The van der Waals surface area contributed by atoms with E-state index in [4.69, 9.17) is 4.74 Å². The summed E-state index contributed by atoms with van der Waals surface area (Å²) in [5.74, 6) is 0.0628. The standard InChI is InChI=1S/C17H22O4/c1-15(2)8-5-9-16(19)14(18)13-11(10-17(15,16)20)6-4-7-12(13)21-3/h4,6-7,19-20H,5,8-10H2,1-3H3/t16-,17-/m1/s1. The average molecular weight is 290 g/mol. The maximum Gasteiger partial charge on any atom is 0.201 e. The summed E-state index contributed by atoms with van der Waals surface area (Å²) in [4.78, 5) is 13.0. The number of ketones is 1. The Kier molecular flexibility index (Phi) is 2.98. The number of methoxy groups -OCH3 is 1. The second kappa shape index (κ2) is 4.31. The first kappa shape index (κ1) is 14.5. The van der Waals surface area contributed by atoms with Crippen LogP contribution in [0.2, 0.25) is 0 Å². The number of hydrogen-bond acceptors (Lipinski definition) is 4. The van der Waals surface area contributed by atoms with Gasteiger partial charge in [-0.05, 0) is 36.3 Å². The molecule has 2 aliphatic rings. The molecule has 0 heterocycles. The Morgan fingerprint density at radius 1 is 1.19 bits per heavy atom. The van der Waals surface area contributed by atoms with Crippen LogP contribution < -0.4 is 4.74 Å². The first-order valence-electron chi connectivity index (χ1n) is 7.42. The number of Topliss-reactive ketones (excluding diaryl/α,β-unsaturated/α-hetero) is 1. The lowest BCUT2D eigenvalue weighted by Gasteiger charge is -2.57. The second-order valence-electron chi connectivity index (χ2n) is 6.96. The number of rotatable bonds is 1. The minimum Gasteiger partial charge on any atom is -0.496 e. The Bertz CT molecular complexity index is 607. The molecule has 0 unspecified atom stereocenters. The zero-order valence-electron chi connectivity index (χ0n) is 12.8. The van der Waals surface area contributed by atoms with Crippen LogP contribution in [0.15, 0.2) is 18.2 Å². The highest BCUT2D eigenvalue weighted by Crippen LogP contribution is 2.55. The molecule has 4 nitrogen and oxygen atoms in total. The second-order valence-corrected chi connectivity index (χ2v) is 6.96. The predicted octanol–water partition coefficient (Wildman–Crippen LogP) is 2.11. The van der Waals surface area contributed by atoms with Crippen LogP contribution in [-0.4, -0.2) is 34.3 Å². The fraction of sp³-hybridized carbons (Fsp3) is 0.588. The van der Waals surface area contributed by atoms with Crippen molar-refractivity contribution in [3.8, 4) is 5.75 Å². The normalized spacial score (nSPS) is 34.0. The Hall–Kier alpha value is -1.39. The Morgan fingerprint density at radius 3 is 2.57 bits per heavy atom. The van der Waals surface area contributed by atoms with Gasteiger partial charge in [-0.2, -0.15) is 0 Å². The molecule has 0 spiro atoms. The molecule has 0 radical (unpaired) electrons. The number of hydrogen-bond donors (Lipinski definition) is 2. The minimum absolute atomic E-state index is 0.273. The number of carbonyl (C=O) groups excluding carboxylic acids is 1. The molecule has 1 aromatic carbocycles. The van der Waals surface area contributed by atoms with E-state index in [1.807, 2.05) is 26.0 Å². The van der Waals surface area contributed by atoms with Crippen molar-refractivity contribution in [1.82, 2.24) is 0 Å². The molecule has 2 aliphatic carbocycles. The summed E-state index contributed by atoms with van der Waals surface area (Å²) in [5.41, 5.74) is -2.51. The van der Waals surface area contributed by atoms with E-state index in [-0.39, 0.29) is 6.42 Å². The molecule has 2 atom stereocenters. The number of ether oxygens (including phenoxy) is 1. The third-order valence-electron chi connectivity index (χ3n) is 5.53. The quantitative estimate of drug-likeness (QED) is 0.831. The molecule has 21 heavy (non-hydrogen) atoms. The third-order valence-corrected chi connectivity index (χ3v) is 5.53. The number of fused-ring (bicyclic) bond motifs is 2. The fourth-order valence-electron chi connectivity index (χ4n) is 4.08.